The fourth-order valence-corrected chi connectivity index (χ4v) is 4.68. The molecule has 210 valence electrons. The van der Waals surface area contributed by atoms with Gasteiger partial charge in [-0.25, -0.2) is 13.8 Å². The lowest BCUT2D eigenvalue weighted by atomic mass is 10.1. The first-order valence-corrected chi connectivity index (χ1v) is 13.3. The molecule has 1 saturated heterocycles. The molecule has 40 heavy (non-hydrogen) atoms. The highest BCUT2D eigenvalue weighted by molar-refractivity contribution is 5.92. The van der Waals surface area contributed by atoms with E-state index in [1.807, 2.05) is 30.5 Å². The number of halogens is 2. The number of hydrogen-bond acceptors (Lipinski definition) is 7. The number of aryl methyl sites for hydroxylation is 1. The van der Waals surface area contributed by atoms with Crippen molar-refractivity contribution in [2.24, 2.45) is 0 Å². The largest absolute Gasteiger partial charge is 0.457 e. The van der Waals surface area contributed by atoms with Gasteiger partial charge in [-0.2, -0.15) is 0 Å². The molecule has 1 aliphatic rings. The average molecular weight is 551 g/mol. The number of carbonyl (C=O) groups is 1. The molecule has 3 heterocycles. The molecule has 11 heteroatoms. The van der Waals surface area contributed by atoms with E-state index in [2.05, 4.69) is 20.5 Å². The summed E-state index contributed by atoms with van der Waals surface area (Å²) in [5, 5.41) is 6.06. The molecular formula is C29H32F2N6O3. The summed E-state index contributed by atoms with van der Waals surface area (Å²) in [4.78, 5) is 23.2. The van der Waals surface area contributed by atoms with Gasteiger partial charge in [0.2, 0.25) is 5.95 Å². The number of pyridine rings is 1. The quantitative estimate of drug-likeness (QED) is 0.277. The Morgan fingerprint density at radius 2 is 1.85 bits per heavy atom. The summed E-state index contributed by atoms with van der Waals surface area (Å²) in [6.07, 6.45) is 1.52. The van der Waals surface area contributed by atoms with Gasteiger partial charge in [0.25, 0.3) is 11.8 Å². The van der Waals surface area contributed by atoms with Gasteiger partial charge in [-0.1, -0.05) is 6.07 Å². The van der Waals surface area contributed by atoms with E-state index in [0.717, 1.165) is 18.1 Å². The fraction of sp³-hybridized carbons (Fsp3) is 0.345. The van der Waals surface area contributed by atoms with Crippen LogP contribution in [0.2, 0.25) is 0 Å². The van der Waals surface area contributed by atoms with Crippen molar-refractivity contribution in [1.29, 1.82) is 0 Å². The monoisotopic (exact) mass is 550 g/mol. The van der Waals surface area contributed by atoms with Crippen LogP contribution in [0.4, 0.5) is 26.1 Å². The molecule has 5 rings (SSSR count). The van der Waals surface area contributed by atoms with E-state index in [1.54, 1.807) is 24.3 Å². The van der Waals surface area contributed by atoms with Crippen LogP contribution in [0.3, 0.4) is 0 Å². The molecule has 0 unspecified atom stereocenters. The number of morpholine rings is 1. The zero-order valence-electron chi connectivity index (χ0n) is 22.7. The topological polar surface area (TPSA) is 93.5 Å². The zero-order chi connectivity index (χ0) is 28.3. The molecule has 0 spiro atoms. The number of benzene rings is 2. The van der Waals surface area contributed by atoms with E-state index in [4.69, 9.17) is 14.5 Å². The number of alkyl halides is 2. The van der Waals surface area contributed by atoms with Gasteiger partial charge in [0, 0.05) is 57.0 Å². The highest BCUT2D eigenvalue weighted by atomic mass is 19.3. The fourth-order valence-electron chi connectivity index (χ4n) is 4.68. The summed E-state index contributed by atoms with van der Waals surface area (Å²) in [5.41, 5.74) is 3.08. The molecule has 2 aromatic carbocycles. The zero-order valence-corrected chi connectivity index (χ0v) is 22.7. The molecule has 0 radical (unpaired) electrons. The third-order valence-corrected chi connectivity index (χ3v) is 6.67. The van der Waals surface area contributed by atoms with E-state index >= 15 is 0 Å². The molecule has 2 N–H and O–H groups in total. The number of imidazole rings is 1. The number of anilines is 3. The number of aromatic nitrogens is 3. The number of hydrogen-bond donors (Lipinski definition) is 2. The van der Waals surface area contributed by atoms with Crippen molar-refractivity contribution in [3.8, 4) is 11.5 Å². The van der Waals surface area contributed by atoms with Gasteiger partial charge in [-0.3, -0.25) is 9.78 Å². The standard InChI is InChI=1S/C29H32F2N6O3/c1-4-32-27(38)24-18-21(10-11-33-24)40-20-7-9-26-23(17-20)35-28(37(26)5-2)34-22-16-19(29(3,30)31)6-8-25(22)36-12-14-39-15-13-36/h6-11,16-18H,4-5,12-15H2,1-3H3,(H,32,38)(H,34,35). The van der Waals surface area contributed by atoms with Crippen LogP contribution in [0, 0.1) is 0 Å². The lowest BCUT2D eigenvalue weighted by molar-refractivity contribution is 0.0175. The van der Waals surface area contributed by atoms with Crippen molar-refractivity contribution in [3.63, 3.8) is 0 Å². The van der Waals surface area contributed by atoms with Crippen molar-refractivity contribution in [3.05, 3.63) is 66.0 Å². The number of rotatable bonds is 9. The van der Waals surface area contributed by atoms with Crippen LogP contribution in [0.1, 0.15) is 36.8 Å². The number of nitrogens with zero attached hydrogens (tertiary/aromatic N) is 4. The van der Waals surface area contributed by atoms with Gasteiger partial charge in [-0.05, 0) is 44.2 Å². The van der Waals surface area contributed by atoms with Crippen LogP contribution in [-0.2, 0) is 17.2 Å². The predicted octanol–water partition coefficient (Wildman–Crippen LogP) is 5.69. The molecular weight excluding hydrogens is 518 g/mol. The van der Waals surface area contributed by atoms with Crippen LogP contribution in [0.15, 0.2) is 54.7 Å². The molecule has 1 fully saturated rings. The van der Waals surface area contributed by atoms with Gasteiger partial charge in [0.1, 0.15) is 17.2 Å². The van der Waals surface area contributed by atoms with Crippen LogP contribution >= 0.6 is 0 Å². The van der Waals surface area contributed by atoms with Crippen LogP contribution in [0.5, 0.6) is 11.5 Å². The highest BCUT2D eigenvalue weighted by Crippen LogP contribution is 2.37. The maximum absolute atomic E-state index is 14.3. The molecule has 0 saturated carbocycles. The summed E-state index contributed by atoms with van der Waals surface area (Å²) in [7, 11) is 0. The number of fused-ring (bicyclic) bond motifs is 1. The maximum atomic E-state index is 14.3. The number of carbonyl (C=O) groups excluding carboxylic acids is 1. The first-order valence-electron chi connectivity index (χ1n) is 13.3. The van der Waals surface area contributed by atoms with Crippen molar-refractivity contribution >= 4 is 34.3 Å². The first-order chi connectivity index (χ1) is 19.3. The molecule has 1 aliphatic heterocycles. The van der Waals surface area contributed by atoms with Crippen molar-refractivity contribution in [2.45, 2.75) is 33.2 Å². The summed E-state index contributed by atoms with van der Waals surface area (Å²) in [6.45, 7) is 8.31. The molecule has 4 aromatic rings. The van der Waals surface area contributed by atoms with Crippen LogP contribution in [0.25, 0.3) is 11.0 Å². The molecule has 9 nitrogen and oxygen atoms in total. The van der Waals surface area contributed by atoms with E-state index in [1.165, 1.54) is 18.3 Å². The predicted molar refractivity (Wildman–Crippen MR) is 150 cm³/mol. The molecule has 0 aliphatic carbocycles. The van der Waals surface area contributed by atoms with Crippen LogP contribution < -0.4 is 20.3 Å². The molecule has 2 aromatic heterocycles. The van der Waals surface area contributed by atoms with Gasteiger partial charge in [-0.15, -0.1) is 0 Å². The number of ether oxygens (including phenoxy) is 2. The number of nitrogens with one attached hydrogen (secondary N) is 2. The second kappa shape index (κ2) is 11.5. The van der Waals surface area contributed by atoms with E-state index in [9.17, 15) is 13.6 Å². The van der Waals surface area contributed by atoms with E-state index in [-0.39, 0.29) is 17.2 Å². The summed E-state index contributed by atoms with van der Waals surface area (Å²) in [6, 6.07) is 13.5. The molecule has 1 amide bonds. The Hall–Kier alpha value is -4.25. The second-order valence-electron chi connectivity index (χ2n) is 9.51. The Bertz CT molecular complexity index is 1510. The number of amides is 1. The minimum atomic E-state index is -2.98. The Morgan fingerprint density at radius 1 is 1.07 bits per heavy atom. The second-order valence-corrected chi connectivity index (χ2v) is 9.51. The van der Waals surface area contributed by atoms with Gasteiger partial charge < -0.3 is 29.6 Å². The summed E-state index contributed by atoms with van der Waals surface area (Å²) >= 11 is 0. The van der Waals surface area contributed by atoms with Crippen molar-refractivity contribution in [1.82, 2.24) is 19.9 Å². The lowest BCUT2D eigenvalue weighted by Gasteiger charge is -2.31. The third kappa shape index (κ3) is 5.84. The summed E-state index contributed by atoms with van der Waals surface area (Å²) in [5.74, 6) is -1.72. The average Bonchev–Trinajstić information content (AvgIpc) is 3.29. The summed E-state index contributed by atoms with van der Waals surface area (Å²) < 4.78 is 42.0. The SMILES string of the molecule is CCNC(=O)c1cc(Oc2ccc3c(c2)nc(Nc2cc(C(C)(F)F)ccc2N2CCOCC2)n3CC)ccn1. The smallest absolute Gasteiger partial charge is 0.270 e. The Labute approximate surface area is 231 Å². The van der Waals surface area contributed by atoms with Crippen molar-refractivity contribution in [2.75, 3.05) is 43.1 Å². The Kier molecular flexibility index (Phi) is 7.83. The van der Waals surface area contributed by atoms with E-state index in [0.29, 0.717) is 68.0 Å². The molecule has 0 atom stereocenters. The van der Waals surface area contributed by atoms with Gasteiger partial charge in [0.15, 0.2) is 0 Å². The minimum absolute atomic E-state index is 0.0776. The third-order valence-electron chi connectivity index (χ3n) is 6.67. The highest BCUT2D eigenvalue weighted by Gasteiger charge is 2.27. The first kappa shape index (κ1) is 27.3. The van der Waals surface area contributed by atoms with E-state index < -0.39 is 5.92 Å². The molecule has 0 bridgehead atoms. The minimum Gasteiger partial charge on any atom is -0.457 e. The Balaban J connectivity index is 1.47. The lowest BCUT2D eigenvalue weighted by Crippen LogP contribution is -2.36. The Morgan fingerprint density at radius 3 is 2.58 bits per heavy atom. The van der Waals surface area contributed by atoms with Crippen molar-refractivity contribution < 1.29 is 23.0 Å². The van der Waals surface area contributed by atoms with Gasteiger partial charge >= 0.3 is 0 Å². The maximum Gasteiger partial charge on any atom is 0.270 e. The van der Waals surface area contributed by atoms with Gasteiger partial charge in [0.05, 0.1) is 35.6 Å². The van der Waals surface area contributed by atoms with Crippen LogP contribution in [-0.4, -0.2) is 53.3 Å². The normalized spacial score (nSPS) is 13.9.